The van der Waals surface area contributed by atoms with E-state index in [1.807, 2.05) is 36.4 Å². The van der Waals surface area contributed by atoms with E-state index in [-0.39, 0.29) is 11.6 Å². The predicted octanol–water partition coefficient (Wildman–Crippen LogP) is 3.52. The number of benzene rings is 2. The molecular weight excluding hydrogens is 332 g/mol. The van der Waals surface area contributed by atoms with Crippen molar-refractivity contribution in [3.8, 4) is 11.6 Å². The number of carbonyl (C=O) groups is 1. The van der Waals surface area contributed by atoms with E-state index in [2.05, 4.69) is 10.3 Å². The molecule has 0 spiro atoms. The number of aromatic nitrogens is 1. The zero-order valence-corrected chi connectivity index (χ0v) is 14.7. The van der Waals surface area contributed by atoms with Gasteiger partial charge >= 0.3 is 0 Å². The van der Waals surface area contributed by atoms with Crippen molar-refractivity contribution in [2.45, 2.75) is 0 Å². The maximum atomic E-state index is 12.6. The normalized spacial score (nSPS) is 10.5. The van der Waals surface area contributed by atoms with Crippen molar-refractivity contribution in [1.29, 1.82) is 0 Å². The fourth-order valence-corrected chi connectivity index (χ4v) is 2.51. The Balaban J connectivity index is 1.89. The van der Waals surface area contributed by atoms with Gasteiger partial charge < -0.3 is 19.5 Å². The second kappa shape index (κ2) is 8.31. The summed E-state index contributed by atoms with van der Waals surface area (Å²) in [5.41, 5.74) is 0.907. The van der Waals surface area contributed by atoms with Crippen LogP contribution in [0.5, 0.6) is 11.6 Å². The second-order valence-corrected chi connectivity index (χ2v) is 5.56. The van der Waals surface area contributed by atoms with Crippen LogP contribution in [0.3, 0.4) is 0 Å². The highest BCUT2D eigenvalue weighted by atomic mass is 16.5. The Hall–Kier alpha value is -3.12. The number of amides is 1. The highest BCUT2D eigenvalue weighted by molar-refractivity contribution is 6.05. The van der Waals surface area contributed by atoms with Crippen LogP contribution >= 0.6 is 0 Å². The van der Waals surface area contributed by atoms with E-state index >= 15 is 0 Å². The molecule has 3 rings (SSSR count). The van der Waals surface area contributed by atoms with E-state index in [4.69, 9.17) is 14.2 Å². The van der Waals surface area contributed by atoms with E-state index in [0.717, 1.165) is 10.8 Å². The Bertz CT molecular complexity index is 911. The number of anilines is 1. The fourth-order valence-electron chi connectivity index (χ4n) is 2.51. The number of hydrogen-bond donors (Lipinski definition) is 1. The molecule has 0 saturated carbocycles. The third-order valence-electron chi connectivity index (χ3n) is 3.79. The molecule has 0 aliphatic rings. The van der Waals surface area contributed by atoms with Crippen molar-refractivity contribution in [1.82, 2.24) is 4.98 Å². The minimum absolute atomic E-state index is 0.277. The molecule has 0 atom stereocenters. The van der Waals surface area contributed by atoms with E-state index < -0.39 is 0 Å². The molecular formula is C20H20N2O4. The van der Waals surface area contributed by atoms with E-state index in [1.165, 1.54) is 0 Å². The van der Waals surface area contributed by atoms with Crippen molar-refractivity contribution in [2.75, 3.05) is 32.8 Å². The monoisotopic (exact) mass is 352 g/mol. The average Bonchev–Trinajstić information content (AvgIpc) is 2.68. The van der Waals surface area contributed by atoms with Crippen LogP contribution in [-0.4, -0.2) is 38.3 Å². The first kappa shape index (κ1) is 17.7. The number of fused-ring (bicyclic) bond motifs is 1. The van der Waals surface area contributed by atoms with Crippen LogP contribution in [0.1, 0.15) is 10.5 Å². The summed E-state index contributed by atoms with van der Waals surface area (Å²) in [6.45, 7) is 0.796. The van der Waals surface area contributed by atoms with Crippen LogP contribution in [0.2, 0.25) is 0 Å². The lowest BCUT2D eigenvalue weighted by Crippen LogP contribution is -2.15. The third-order valence-corrected chi connectivity index (χ3v) is 3.79. The van der Waals surface area contributed by atoms with Crippen LogP contribution in [0, 0.1) is 0 Å². The topological polar surface area (TPSA) is 69.7 Å². The van der Waals surface area contributed by atoms with E-state index in [1.54, 1.807) is 32.4 Å². The van der Waals surface area contributed by atoms with Crippen LogP contribution in [-0.2, 0) is 4.74 Å². The summed E-state index contributed by atoms with van der Waals surface area (Å²) in [4.78, 5) is 17.0. The molecule has 26 heavy (non-hydrogen) atoms. The molecule has 134 valence electrons. The van der Waals surface area contributed by atoms with Crippen molar-refractivity contribution >= 4 is 22.4 Å². The molecule has 1 N–H and O–H groups in total. The van der Waals surface area contributed by atoms with Gasteiger partial charge in [0, 0.05) is 24.2 Å². The van der Waals surface area contributed by atoms with Crippen molar-refractivity contribution in [3.05, 3.63) is 60.3 Å². The Kier molecular flexibility index (Phi) is 5.66. The molecule has 0 unspecified atom stereocenters. The minimum atomic E-state index is -0.319. The molecule has 0 saturated heterocycles. The van der Waals surface area contributed by atoms with Gasteiger partial charge in [-0.1, -0.05) is 24.3 Å². The summed E-state index contributed by atoms with van der Waals surface area (Å²) < 4.78 is 15.9. The summed E-state index contributed by atoms with van der Waals surface area (Å²) >= 11 is 0. The number of nitrogens with zero attached hydrogens (tertiary/aromatic N) is 1. The van der Waals surface area contributed by atoms with Gasteiger partial charge in [-0.25, -0.2) is 4.98 Å². The van der Waals surface area contributed by atoms with E-state index in [9.17, 15) is 4.79 Å². The molecule has 2 aromatic carbocycles. The first-order chi connectivity index (χ1) is 12.7. The lowest BCUT2D eigenvalue weighted by molar-refractivity contribution is 0.102. The number of hydrogen-bond acceptors (Lipinski definition) is 5. The van der Waals surface area contributed by atoms with Gasteiger partial charge in [0.25, 0.3) is 5.91 Å². The van der Waals surface area contributed by atoms with E-state index in [0.29, 0.717) is 30.5 Å². The van der Waals surface area contributed by atoms with Crippen molar-refractivity contribution < 1.29 is 19.0 Å². The zero-order valence-electron chi connectivity index (χ0n) is 14.7. The summed E-state index contributed by atoms with van der Waals surface area (Å²) in [5, 5.41) is 4.56. The van der Waals surface area contributed by atoms with Crippen LogP contribution in [0.25, 0.3) is 10.8 Å². The highest BCUT2D eigenvalue weighted by Gasteiger charge is 2.13. The fraction of sp³-hybridized carbons (Fsp3) is 0.200. The SMILES string of the molecule is COCCOc1nc(C(=O)Nc2cccc(OC)c2)cc2ccccc12. The zero-order chi connectivity index (χ0) is 18.4. The summed E-state index contributed by atoms with van der Waals surface area (Å²) in [7, 11) is 3.18. The van der Waals surface area contributed by atoms with Gasteiger partial charge in [0.05, 0.1) is 13.7 Å². The summed E-state index contributed by atoms with van der Waals surface area (Å²) in [6.07, 6.45) is 0. The maximum Gasteiger partial charge on any atom is 0.274 e. The summed E-state index contributed by atoms with van der Waals surface area (Å²) in [6, 6.07) is 16.5. The standard InChI is InChI=1S/C20H20N2O4/c1-24-10-11-26-20-17-9-4-3-6-14(17)12-18(22-20)19(23)21-15-7-5-8-16(13-15)25-2/h3-9,12-13H,10-11H2,1-2H3,(H,21,23). The van der Waals surface area contributed by atoms with Crippen LogP contribution < -0.4 is 14.8 Å². The van der Waals surface area contributed by atoms with Crippen molar-refractivity contribution in [3.63, 3.8) is 0 Å². The number of nitrogens with one attached hydrogen (secondary N) is 1. The molecule has 1 heterocycles. The van der Waals surface area contributed by atoms with Gasteiger partial charge in [0.1, 0.15) is 18.1 Å². The van der Waals surface area contributed by atoms with Gasteiger partial charge in [0.15, 0.2) is 0 Å². The quantitative estimate of drug-likeness (QED) is 0.659. The molecule has 0 fully saturated rings. The third kappa shape index (κ3) is 4.10. The first-order valence-electron chi connectivity index (χ1n) is 8.18. The minimum Gasteiger partial charge on any atom is -0.497 e. The molecule has 6 nitrogen and oxygen atoms in total. The lowest BCUT2D eigenvalue weighted by Gasteiger charge is -2.11. The Morgan fingerprint density at radius 2 is 1.88 bits per heavy atom. The molecule has 0 aliphatic heterocycles. The number of carbonyl (C=O) groups excluding carboxylic acids is 1. The lowest BCUT2D eigenvalue weighted by atomic mass is 10.1. The Labute approximate surface area is 151 Å². The summed E-state index contributed by atoms with van der Waals surface area (Å²) in [5.74, 6) is 0.759. The maximum absolute atomic E-state index is 12.6. The number of pyridine rings is 1. The number of methoxy groups -OCH3 is 2. The van der Waals surface area contributed by atoms with Crippen LogP contribution in [0.15, 0.2) is 54.6 Å². The molecule has 0 radical (unpaired) electrons. The van der Waals surface area contributed by atoms with Gasteiger partial charge in [-0.15, -0.1) is 0 Å². The Morgan fingerprint density at radius 1 is 1.04 bits per heavy atom. The Morgan fingerprint density at radius 3 is 2.69 bits per heavy atom. The smallest absolute Gasteiger partial charge is 0.274 e. The number of ether oxygens (including phenoxy) is 3. The van der Waals surface area contributed by atoms with Gasteiger partial charge in [-0.2, -0.15) is 0 Å². The first-order valence-corrected chi connectivity index (χ1v) is 8.18. The highest BCUT2D eigenvalue weighted by Crippen LogP contribution is 2.25. The van der Waals surface area contributed by atoms with Gasteiger partial charge in [0.2, 0.25) is 5.88 Å². The predicted molar refractivity (Wildman–Crippen MR) is 100 cm³/mol. The largest absolute Gasteiger partial charge is 0.497 e. The molecule has 0 aliphatic carbocycles. The molecule has 3 aromatic rings. The molecule has 0 bridgehead atoms. The molecule has 1 amide bonds. The molecule has 6 heteroatoms. The number of rotatable bonds is 7. The molecule has 1 aromatic heterocycles. The van der Waals surface area contributed by atoms with Gasteiger partial charge in [-0.05, 0) is 29.7 Å². The van der Waals surface area contributed by atoms with Gasteiger partial charge in [-0.3, -0.25) is 4.79 Å². The van der Waals surface area contributed by atoms with Crippen LogP contribution in [0.4, 0.5) is 5.69 Å². The average molecular weight is 352 g/mol. The second-order valence-electron chi connectivity index (χ2n) is 5.56. The van der Waals surface area contributed by atoms with Crippen molar-refractivity contribution in [2.24, 2.45) is 0 Å².